The summed E-state index contributed by atoms with van der Waals surface area (Å²) in [4.78, 5) is 16.5. The molecule has 0 N–H and O–H groups in total. The van der Waals surface area contributed by atoms with Crippen molar-refractivity contribution in [3.63, 3.8) is 0 Å². The van der Waals surface area contributed by atoms with E-state index in [0.29, 0.717) is 12.1 Å². The molecule has 0 saturated heterocycles. The first-order chi connectivity index (χ1) is 14.5. The summed E-state index contributed by atoms with van der Waals surface area (Å²) in [5.41, 5.74) is 5.94. The van der Waals surface area contributed by atoms with Crippen LogP contribution >= 0.6 is 22.6 Å². The fourth-order valence-corrected chi connectivity index (χ4v) is 3.81. The fourth-order valence-electron chi connectivity index (χ4n) is 3.47. The molecule has 0 spiro atoms. The molecule has 5 heteroatoms. The zero-order chi connectivity index (χ0) is 21.1. The van der Waals surface area contributed by atoms with Crippen LogP contribution in [-0.4, -0.2) is 23.9 Å². The summed E-state index contributed by atoms with van der Waals surface area (Å²) in [7, 11) is 1.40. The fraction of sp³-hybridized carbons (Fsp3) is 0.120. The number of para-hydroxylation sites is 1. The summed E-state index contributed by atoms with van der Waals surface area (Å²) < 4.78 is 8.26. The molecule has 0 fully saturated rings. The van der Waals surface area contributed by atoms with E-state index in [1.165, 1.54) is 16.2 Å². The number of halogens is 1. The summed E-state index contributed by atoms with van der Waals surface area (Å²) >= 11 is 2.33. The molecule has 0 aliphatic heterocycles. The molecule has 3 aromatic carbocycles. The smallest absolute Gasteiger partial charge is 0.337 e. The Morgan fingerprint density at radius 2 is 1.93 bits per heavy atom. The van der Waals surface area contributed by atoms with Gasteiger partial charge in [-0.1, -0.05) is 30.3 Å². The van der Waals surface area contributed by atoms with Gasteiger partial charge in [0.2, 0.25) is 0 Å². The van der Waals surface area contributed by atoms with E-state index in [9.17, 15) is 4.79 Å². The third kappa shape index (κ3) is 4.31. The zero-order valence-corrected chi connectivity index (χ0v) is 19.0. The van der Waals surface area contributed by atoms with Crippen LogP contribution in [0.4, 0.5) is 5.69 Å². The number of carbonyl (C=O) groups excluding carboxylic acids is 1. The van der Waals surface area contributed by atoms with Gasteiger partial charge < -0.3 is 9.30 Å². The molecule has 0 amide bonds. The van der Waals surface area contributed by atoms with Crippen LogP contribution in [0.2, 0.25) is 0 Å². The Labute approximate surface area is 189 Å². The monoisotopic (exact) mass is 508 g/mol. The lowest BCUT2D eigenvalue weighted by atomic mass is 10.1. The van der Waals surface area contributed by atoms with Crippen LogP contribution in [0.25, 0.3) is 10.9 Å². The van der Waals surface area contributed by atoms with Crippen molar-refractivity contribution in [2.45, 2.75) is 13.5 Å². The van der Waals surface area contributed by atoms with Crippen LogP contribution in [0.5, 0.6) is 0 Å². The second-order valence-corrected chi connectivity index (χ2v) is 8.28. The quantitative estimate of drug-likeness (QED) is 0.185. The van der Waals surface area contributed by atoms with Crippen LogP contribution in [0.3, 0.4) is 0 Å². The first-order valence-corrected chi connectivity index (χ1v) is 10.7. The predicted molar refractivity (Wildman–Crippen MR) is 130 cm³/mol. The standard InChI is InChI=1S/C25H21IN2O2/c1-17-12-21(10-11-23(17)26)27-14-20-16-28(24-9-4-3-8-22(20)24)15-18-6-5-7-19(13-18)25(29)30-2/h3-14,16H,15H2,1-2H3. The highest BCUT2D eigenvalue weighted by molar-refractivity contribution is 14.1. The van der Waals surface area contributed by atoms with Gasteiger partial charge in [0.05, 0.1) is 18.4 Å². The number of benzene rings is 3. The van der Waals surface area contributed by atoms with Gasteiger partial charge in [-0.25, -0.2) is 4.79 Å². The minimum absolute atomic E-state index is 0.324. The Balaban J connectivity index is 1.68. The molecule has 1 aromatic heterocycles. The summed E-state index contributed by atoms with van der Waals surface area (Å²) in [6, 6.07) is 22.0. The van der Waals surface area contributed by atoms with Gasteiger partial charge in [0.15, 0.2) is 0 Å². The van der Waals surface area contributed by atoms with Gasteiger partial charge in [0.25, 0.3) is 0 Å². The van der Waals surface area contributed by atoms with Crippen LogP contribution in [0.15, 0.2) is 77.9 Å². The summed E-state index contributed by atoms with van der Waals surface area (Å²) in [6.45, 7) is 2.75. The van der Waals surface area contributed by atoms with E-state index >= 15 is 0 Å². The van der Waals surface area contributed by atoms with Gasteiger partial charge >= 0.3 is 5.97 Å². The number of rotatable bonds is 5. The van der Waals surface area contributed by atoms with E-state index in [-0.39, 0.29) is 5.97 Å². The van der Waals surface area contributed by atoms with Gasteiger partial charge in [-0.2, -0.15) is 0 Å². The number of aryl methyl sites for hydroxylation is 1. The van der Waals surface area contributed by atoms with Gasteiger partial charge in [-0.05, 0) is 77.0 Å². The zero-order valence-electron chi connectivity index (χ0n) is 16.8. The molecule has 30 heavy (non-hydrogen) atoms. The molecule has 0 atom stereocenters. The van der Waals surface area contributed by atoms with E-state index in [2.05, 4.69) is 64.5 Å². The molecule has 4 nitrogen and oxygen atoms in total. The van der Waals surface area contributed by atoms with Gasteiger partial charge in [-0.15, -0.1) is 0 Å². The van der Waals surface area contributed by atoms with E-state index in [1.807, 2.05) is 42.6 Å². The van der Waals surface area contributed by atoms with E-state index in [1.54, 1.807) is 6.07 Å². The minimum atomic E-state index is -0.324. The molecule has 4 aromatic rings. The lowest BCUT2D eigenvalue weighted by Gasteiger charge is -2.07. The van der Waals surface area contributed by atoms with E-state index in [4.69, 9.17) is 9.73 Å². The second-order valence-electron chi connectivity index (χ2n) is 7.11. The van der Waals surface area contributed by atoms with Crippen molar-refractivity contribution in [2.75, 3.05) is 7.11 Å². The number of ether oxygens (including phenoxy) is 1. The highest BCUT2D eigenvalue weighted by atomic mass is 127. The molecule has 0 unspecified atom stereocenters. The molecule has 0 bridgehead atoms. The average molecular weight is 508 g/mol. The van der Waals surface area contributed by atoms with Gasteiger partial charge in [0, 0.05) is 39.0 Å². The van der Waals surface area contributed by atoms with Crippen molar-refractivity contribution < 1.29 is 9.53 Å². The molecule has 150 valence electrons. The van der Waals surface area contributed by atoms with E-state index < -0.39 is 0 Å². The molecular weight excluding hydrogens is 487 g/mol. The number of hydrogen-bond donors (Lipinski definition) is 0. The van der Waals surface area contributed by atoms with Crippen LogP contribution in [-0.2, 0) is 11.3 Å². The van der Waals surface area contributed by atoms with Crippen molar-refractivity contribution in [1.82, 2.24) is 4.57 Å². The van der Waals surface area contributed by atoms with Crippen molar-refractivity contribution in [1.29, 1.82) is 0 Å². The summed E-state index contributed by atoms with van der Waals surface area (Å²) in [5, 5.41) is 1.15. The lowest BCUT2D eigenvalue weighted by molar-refractivity contribution is 0.0600. The number of nitrogens with zero attached hydrogens (tertiary/aromatic N) is 2. The maximum atomic E-state index is 11.9. The molecule has 4 rings (SSSR count). The Morgan fingerprint density at radius 1 is 1.10 bits per heavy atom. The number of aliphatic imine (C=N–C) groups is 1. The summed E-state index contributed by atoms with van der Waals surface area (Å²) in [6.07, 6.45) is 4.03. The van der Waals surface area contributed by atoms with Crippen molar-refractivity contribution in [3.05, 3.63) is 98.8 Å². The third-order valence-electron chi connectivity index (χ3n) is 5.01. The largest absolute Gasteiger partial charge is 0.465 e. The maximum Gasteiger partial charge on any atom is 0.337 e. The molecule has 0 saturated carbocycles. The molecule has 0 radical (unpaired) electrons. The van der Waals surface area contributed by atoms with Crippen molar-refractivity contribution in [3.8, 4) is 0 Å². The summed E-state index contributed by atoms with van der Waals surface area (Å²) in [5.74, 6) is -0.324. The average Bonchev–Trinajstić information content (AvgIpc) is 3.11. The first-order valence-electron chi connectivity index (χ1n) is 9.60. The topological polar surface area (TPSA) is 43.6 Å². The first kappa shape index (κ1) is 20.3. The van der Waals surface area contributed by atoms with Crippen LogP contribution < -0.4 is 0 Å². The van der Waals surface area contributed by atoms with E-state index in [0.717, 1.165) is 27.7 Å². The Hall–Kier alpha value is -2.93. The van der Waals surface area contributed by atoms with Gasteiger partial charge in [-0.3, -0.25) is 4.99 Å². The number of methoxy groups -OCH3 is 1. The minimum Gasteiger partial charge on any atom is -0.465 e. The molecule has 0 aliphatic carbocycles. The highest BCUT2D eigenvalue weighted by Crippen LogP contribution is 2.24. The Kier molecular flexibility index (Phi) is 5.99. The number of fused-ring (bicyclic) bond motifs is 1. The molecule has 1 heterocycles. The predicted octanol–water partition coefficient (Wildman–Crippen LogP) is 6.14. The Bertz CT molecular complexity index is 1260. The number of hydrogen-bond acceptors (Lipinski definition) is 3. The SMILES string of the molecule is COC(=O)c1cccc(Cn2cc(C=Nc3ccc(I)c(C)c3)c3ccccc32)c1. The van der Waals surface area contributed by atoms with Crippen molar-refractivity contribution in [2.24, 2.45) is 4.99 Å². The highest BCUT2D eigenvalue weighted by Gasteiger charge is 2.10. The Morgan fingerprint density at radius 3 is 2.73 bits per heavy atom. The number of aromatic nitrogens is 1. The molecular formula is C25H21IN2O2. The number of esters is 1. The second kappa shape index (κ2) is 8.83. The lowest BCUT2D eigenvalue weighted by Crippen LogP contribution is -2.03. The van der Waals surface area contributed by atoms with Crippen molar-refractivity contribution >= 4 is 51.4 Å². The van der Waals surface area contributed by atoms with Gasteiger partial charge in [0.1, 0.15) is 0 Å². The third-order valence-corrected chi connectivity index (χ3v) is 6.23. The molecule has 0 aliphatic rings. The van der Waals surface area contributed by atoms with Crippen LogP contribution in [0.1, 0.15) is 27.0 Å². The normalized spacial score (nSPS) is 11.3. The van der Waals surface area contributed by atoms with Crippen LogP contribution in [0, 0.1) is 10.5 Å². The maximum absolute atomic E-state index is 11.9. The number of carbonyl (C=O) groups is 1.